The lowest BCUT2D eigenvalue weighted by molar-refractivity contribution is -0.111. The second kappa shape index (κ2) is 4.70. The van der Waals surface area contributed by atoms with Crippen molar-refractivity contribution in [1.82, 2.24) is 9.97 Å². The quantitative estimate of drug-likeness (QED) is 0.767. The van der Waals surface area contributed by atoms with Crippen molar-refractivity contribution in [2.45, 2.75) is 12.8 Å². The Morgan fingerprint density at radius 1 is 1.33 bits per heavy atom. The lowest BCUT2D eigenvalue weighted by Gasteiger charge is -2.29. The first-order chi connectivity index (χ1) is 7.29. The number of aromatic nitrogens is 2. The number of halogens is 1. The summed E-state index contributed by atoms with van der Waals surface area (Å²) in [7, 11) is 0. The first kappa shape index (κ1) is 10.5. The van der Waals surface area contributed by atoms with Crippen LogP contribution in [0.15, 0.2) is 16.9 Å². The summed E-state index contributed by atoms with van der Waals surface area (Å²) in [5.74, 6) is 0.972. The number of hydrogen-bond acceptors (Lipinski definition) is 4. The van der Waals surface area contributed by atoms with Crippen LogP contribution in [0.1, 0.15) is 12.8 Å². The first-order valence-electron chi connectivity index (χ1n) is 4.97. The minimum Gasteiger partial charge on any atom is -0.341 e. The number of anilines is 1. The van der Waals surface area contributed by atoms with Crippen LogP contribution < -0.4 is 4.90 Å². The zero-order chi connectivity index (χ0) is 10.7. The van der Waals surface area contributed by atoms with E-state index in [2.05, 4.69) is 30.8 Å². The second-order valence-corrected chi connectivity index (χ2v) is 4.58. The molecule has 0 amide bonds. The zero-order valence-corrected chi connectivity index (χ0v) is 9.85. The number of rotatable bonds is 2. The van der Waals surface area contributed by atoms with Crippen LogP contribution in [0.3, 0.4) is 0 Å². The van der Waals surface area contributed by atoms with E-state index in [9.17, 15) is 4.79 Å². The standard InChI is InChI=1S/C10H12BrN3O/c11-9-5-12-10(13-6-9)14-3-1-8(7-15)2-4-14/h5-8H,1-4H2. The minimum absolute atomic E-state index is 0.219. The van der Waals surface area contributed by atoms with E-state index >= 15 is 0 Å². The molecule has 1 saturated heterocycles. The fourth-order valence-electron chi connectivity index (χ4n) is 1.70. The SMILES string of the molecule is O=CC1CCN(c2ncc(Br)cn2)CC1. The lowest BCUT2D eigenvalue weighted by Crippen LogP contribution is -2.35. The average Bonchev–Trinajstić information content (AvgIpc) is 2.30. The molecule has 0 spiro atoms. The number of aldehydes is 1. The molecular weight excluding hydrogens is 258 g/mol. The summed E-state index contributed by atoms with van der Waals surface area (Å²) in [6.07, 6.45) is 6.36. The van der Waals surface area contributed by atoms with E-state index < -0.39 is 0 Å². The molecule has 0 unspecified atom stereocenters. The second-order valence-electron chi connectivity index (χ2n) is 3.66. The molecule has 0 saturated carbocycles. The van der Waals surface area contributed by atoms with Gasteiger partial charge in [-0.15, -0.1) is 0 Å². The van der Waals surface area contributed by atoms with Gasteiger partial charge in [0.15, 0.2) is 0 Å². The van der Waals surface area contributed by atoms with Crippen molar-refractivity contribution < 1.29 is 4.79 Å². The fraction of sp³-hybridized carbons (Fsp3) is 0.500. The van der Waals surface area contributed by atoms with Crippen LogP contribution in [0.25, 0.3) is 0 Å². The summed E-state index contributed by atoms with van der Waals surface area (Å²) in [4.78, 5) is 21.2. The third kappa shape index (κ3) is 2.53. The van der Waals surface area contributed by atoms with Gasteiger partial charge in [-0.1, -0.05) is 0 Å². The Morgan fingerprint density at radius 3 is 2.47 bits per heavy atom. The van der Waals surface area contributed by atoms with E-state index in [0.717, 1.165) is 42.6 Å². The van der Waals surface area contributed by atoms with Gasteiger partial charge < -0.3 is 9.69 Å². The molecule has 0 radical (unpaired) electrons. The van der Waals surface area contributed by atoms with Gasteiger partial charge in [0.25, 0.3) is 0 Å². The topological polar surface area (TPSA) is 46.1 Å². The first-order valence-corrected chi connectivity index (χ1v) is 5.76. The smallest absolute Gasteiger partial charge is 0.225 e. The average molecular weight is 270 g/mol. The number of carbonyl (C=O) groups excluding carboxylic acids is 1. The van der Waals surface area contributed by atoms with Crippen LogP contribution >= 0.6 is 15.9 Å². The molecule has 1 aliphatic heterocycles. The van der Waals surface area contributed by atoms with Gasteiger partial charge in [0, 0.05) is 31.4 Å². The van der Waals surface area contributed by atoms with Gasteiger partial charge in [0.05, 0.1) is 4.47 Å². The van der Waals surface area contributed by atoms with Crippen molar-refractivity contribution in [3.05, 3.63) is 16.9 Å². The molecule has 0 N–H and O–H groups in total. The Hall–Kier alpha value is -0.970. The van der Waals surface area contributed by atoms with Crippen molar-refractivity contribution in [3.63, 3.8) is 0 Å². The van der Waals surface area contributed by atoms with Gasteiger partial charge in [0.1, 0.15) is 6.29 Å². The zero-order valence-electron chi connectivity index (χ0n) is 8.27. The van der Waals surface area contributed by atoms with Crippen LogP contribution in [0.5, 0.6) is 0 Å². The Morgan fingerprint density at radius 2 is 1.93 bits per heavy atom. The monoisotopic (exact) mass is 269 g/mol. The van der Waals surface area contributed by atoms with E-state index in [4.69, 9.17) is 0 Å². The number of hydrogen-bond donors (Lipinski definition) is 0. The van der Waals surface area contributed by atoms with E-state index in [-0.39, 0.29) is 5.92 Å². The van der Waals surface area contributed by atoms with Gasteiger partial charge in [-0.05, 0) is 28.8 Å². The van der Waals surface area contributed by atoms with E-state index in [1.54, 1.807) is 12.4 Å². The normalized spacial score (nSPS) is 17.8. The molecular formula is C10H12BrN3O. The van der Waals surface area contributed by atoms with Crippen molar-refractivity contribution >= 4 is 28.2 Å². The van der Waals surface area contributed by atoms with E-state index in [1.165, 1.54) is 0 Å². The fourth-order valence-corrected chi connectivity index (χ4v) is 1.91. The maximum absolute atomic E-state index is 10.6. The molecule has 0 bridgehead atoms. The molecule has 2 rings (SSSR count). The summed E-state index contributed by atoms with van der Waals surface area (Å²) < 4.78 is 0.883. The van der Waals surface area contributed by atoms with Gasteiger partial charge in [-0.25, -0.2) is 9.97 Å². The summed E-state index contributed by atoms with van der Waals surface area (Å²) in [6, 6.07) is 0. The van der Waals surface area contributed by atoms with Crippen LogP contribution in [-0.4, -0.2) is 29.3 Å². The third-order valence-electron chi connectivity index (χ3n) is 2.62. The number of nitrogens with zero attached hydrogens (tertiary/aromatic N) is 3. The molecule has 0 aromatic carbocycles. The molecule has 5 heteroatoms. The predicted molar refractivity (Wildman–Crippen MR) is 60.7 cm³/mol. The highest BCUT2D eigenvalue weighted by Gasteiger charge is 2.19. The van der Waals surface area contributed by atoms with Gasteiger partial charge in [-0.3, -0.25) is 0 Å². The molecule has 1 aromatic rings. The molecule has 4 nitrogen and oxygen atoms in total. The van der Waals surface area contributed by atoms with E-state index in [1.807, 2.05) is 0 Å². The molecule has 80 valence electrons. The largest absolute Gasteiger partial charge is 0.341 e. The van der Waals surface area contributed by atoms with Crippen molar-refractivity contribution in [1.29, 1.82) is 0 Å². The number of carbonyl (C=O) groups is 1. The summed E-state index contributed by atoms with van der Waals surface area (Å²) >= 11 is 3.30. The van der Waals surface area contributed by atoms with Crippen molar-refractivity contribution in [2.24, 2.45) is 5.92 Å². The van der Waals surface area contributed by atoms with Gasteiger partial charge in [0.2, 0.25) is 5.95 Å². The third-order valence-corrected chi connectivity index (χ3v) is 3.03. The highest BCUT2D eigenvalue weighted by atomic mass is 79.9. The van der Waals surface area contributed by atoms with Crippen LogP contribution in [-0.2, 0) is 4.79 Å². The van der Waals surface area contributed by atoms with Crippen LogP contribution in [0.2, 0.25) is 0 Å². The molecule has 0 aliphatic carbocycles. The predicted octanol–water partition coefficient (Wildman–Crippen LogP) is 1.65. The van der Waals surface area contributed by atoms with Crippen molar-refractivity contribution in [2.75, 3.05) is 18.0 Å². The maximum atomic E-state index is 10.6. The molecule has 2 heterocycles. The maximum Gasteiger partial charge on any atom is 0.225 e. The molecule has 1 fully saturated rings. The molecule has 1 aromatic heterocycles. The van der Waals surface area contributed by atoms with Crippen LogP contribution in [0.4, 0.5) is 5.95 Å². The Bertz CT molecular complexity index is 333. The summed E-state index contributed by atoms with van der Waals surface area (Å²) in [5.41, 5.74) is 0. The Balaban J connectivity index is 2.01. The van der Waals surface area contributed by atoms with Crippen LogP contribution in [0, 0.1) is 5.92 Å². The van der Waals surface area contributed by atoms with E-state index in [0.29, 0.717) is 0 Å². The highest BCUT2D eigenvalue weighted by Crippen LogP contribution is 2.19. The van der Waals surface area contributed by atoms with Gasteiger partial charge >= 0.3 is 0 Å². The molecule has 1 aliphatic rings. The number of piperidine rings is 1. The lowest BCUT2D eigenvalue weighted by atomic mass is 9.99. The Kier molecular flexibility index (Phi) is 3.30. The molecule has 15 heavy (non-hydrogen) atoms. The highest BCUT2D eigenvalue weighted by molar-refractivity contribution is 9.10. The summed E-state index contributed by atoms with van der Waals surface area (Å²) in [5, 5.41) is 0. The molecule has 0 atom stereocenters. The Labute approximate surface area is 96.8 Å². The summed E-state index contributed by atoms with van der Waals surface area (Å²) in [6.45, 7) is 1.73. The minimum atomic E-state index is 0.219. The van der Waals surface area contributed by atoms with Gasteiger partial charge in [-0.2, -0.15) is 0 Å². The van der Waals surface area contributed by atoms with Crippen molar-refractivity contribution in [3.8, 4) is 0 Å².